The molecule has 0 spiro atoms. The molecular formula is C13H27N3O2. The lowest BCUT2D eigenvalue weighted by Crippen LogP contribution is -2.62. The van der Waals surface area contributed by atoms with E-state index in [0.717, 1.165) is 12.8 Å². The fraction of sp³-hybridized carbons (Fsp3) is 0.923. The first kappa shape index (κ1) is 15.4. The standard InChI is InChI=1S/C13H27N3O2/c1-12(2)7-10(8-13(3,4)16-12)15-11(17)9-18-6-5-14/h10,16H,5-9,14H2,1-4H3,(H,15,17). The maximum Gasteiger partial charge on any atom is 0.246 e. The molecule has 5 nitrogen and oxygen atoms in total. The highest BCUT2D eigenvalue weighted by Gasteiger charge is 2.38. The van der Waals surface area contributed by atoms with E-state index in [9.17, 15) is 4.79 Å². The van der Waals surface area contributed by atoms with Gasteiger partial charge in [-0.2, -0.15) is 0 Å². The highest BCUT2D eigenvalue weighted by molar-refractivity contribution is 5.77. The minimum atomic E-state index is -0.0537. The number of carbonyl (C=O) groups is 1. The summed E-state index contributed by atoms with van der Waals surface area (Å²) in [4.78, 5) is 11.7. The van der Waals surface area contributed by atoms with Gasteiger partial charge in [-0.05, 0) is 40.5 Å². The van der Waals surface area contributed by atoms with Crippen molar-refractivity contribution in [1.29, 1.82) is 0 Å². The van der Waals surface area contributed by atoms with Gasteiger partial charge in [0.15, 0.2) is 0 Å². The van der Waals surface area contributed by atoms with Crippen LogP contribution in [0.15, 0.2) is 0 Å². The van der Waals surface area contributed by atoms with Gasteiger partial charge in [0.1, 0.15) is 6.61 Å². The largest absolute Gasteiger partial charge is 0.370 e. The summed E-state index contributed by atoms with van der Waals surface area (Å²) in [5.74, 6) is -0.0537. The van der Waals surface area contributed by atoms with Crippen molar-refractivity contribution in [3.05, 3.63) is 0 Å². The van der Waals surface area contributed by atoms with Crippen molar-refractivity contribution in [3.8, 4) is 0 Å². The summed E-state index contributed by atoms with van der Waals surface area (Å²) in [5, 5.41) is 6.63. The van der Waals surface area contributed by atoms with Crippen molar-refractivity contribution in [2.45, 2.75) is 57.7 Å². The Morgan fingerprint density at radius 3 is 2.39 bits per heavy atom. The molecular weight excluding hydrogens is 230 g/mol. The van der Waals surface area contributed by atoms with Gasteiger partial charge in [0.05, 0.1) is 6.61 Å². The predicted octanol–water partition coefficient (Wildman–Crippen LogP) is 0.387. The Morgan fingerprint density at radius 1 is 1.33 bits per heavy atom. The van der Waals surface area contributed by atoms with Crippen molar-refractivity contribution in [1.82, 2.24) is 10.6 Å². The molecule has 0 aromatic carbocycles. The molecule has 1 heterocycles. The number of hydrogen-bond acceptors (Lipinski definition) is 4. The zero-order chi connectivity index (χ0) is 13.8. The molecule has 4 N–H and O–H groups in total. The van der Waals surface area contributed by atoms with Gasteiger partial charge in [-0.15, -0.1) is 0 Å². The van der Waals surface area contributed by atoms with Crippen molar-refractivity contribution in [2.24, 2.45) is 5.73 Å². The number of piperidine rings is 1. The molecule has 0 aromatic heterocycles. The quantitative estimate of drug-likeness (QED) is 0.623. The first-order chi connectivity index (χ1) is 8.24. The molecule has 0 unspecified atom stereocenters. The van der Waals surface area contributed by atoms with E-state index in [0.29, 0.717) is 13.2 Å². The molecule has 0 atom stereocenters. The molecule has 1 amide bonds. The van der Waals surface area contributed by atoms with E-state index in [1.165, 1.54) is 0 Å². The van der Waals surface area contributed by atoms with Gasteiger partial charge in [0.2, 0.25) is 5.91 Å². The van der Waals surface area contributed by atoms with Crippen LogP contribution in [0.3, 0.4) is 0 Å². The second kappa shape index (κ2) is 5.99. The smallest absolute Gasteiger partial charge is 0.246 e. The Kier molecular flexibility index (Phi) is 5.13. The SMILES string of the molecule is CC1(C)CC(NC(=O)COCCN)CC(C)(C)N1. The molecule has 106 valence electrons. The first-order valence-electron chi connectivity index (χ1n) is 6.61. The van der Waals surface area contributed by atoms with Crippen LogP contribution in [0.1, 0.15) is 40.5 Å². The average Bonchev–Trinajstić information content (AvgIpc) is 2.12. The summed E-state index contributed by atoms with van der Waals surface area (Å²) in [6.45, 7) is 9.63. The van der Waals surface area contributed by atoms with Gasteiger partial charge >= 0.3 is 0 Å². The zero-order valence-electron chi connectivity index (χ0n) is 12.0. The van der Waals surface area contributed by atoms with Crippen LogP contribution in [0.5, 0.6) is 0 Å². The third-order valence-corrected chi connectivity index (χ3v) is 3.05. The number of carbonyl (C=O) groups excluding carboxylic acids is 1. The molecule has 5 heteroatoms. The number of nitrogens with one attached hydrogen (secondary N) is 2. The molecule has 18 heavy (non-hydrogen) atoms. The molecule has 1 aliphatic heterocycles. The van der Waals surface area contributed by atoms with Gasteiger partial charge < -0.3 is 21.1 Å². The minimum Gasteiger partial charge on any atom is -0.370 e. The number of amides is 1. The van der Waals surface area contributed by atoms with Crippen LogP contribution in [-0.4, -0.2) is 42.8 Å². The summed E-state index contributed by atoms with van der Waals surface area (Å²) in [7, 11) is 0. The Labute approximate surface area is 110 Å². The van der Waals surface area contributed by atoms with Crippen molar-refractivity contribution >= 4 is 5.91 Å². The van der Waals surface area contributed by atoms with Gasteiger partial charge in [-0.25, -0.2) is 0 Å². The van der Waals surface area contributed by atoms with E-state index < -0.39 is 0 Å². The normalized spacial score (nSPS) is 22.7. The monoisotopic (exact) mass is 257 g/mol. The van der Waals surface area contributed by atoms with Crippen molar-refractivity contribution < 1.29 is 9.53 Å². The number of ether oxygens (including phenoxy) is 1. The molecule has 1 saturated heterocycles. The second-order valence-electron chi connectivity index (χ2n) is 6.41. The zero-order valence-corrected chi connectivity index (χ0v) is 12.0. The molecule has 0 aromatic rings. The molecule has 1 rings (SSSR count). The lowest BCUT2D eigenvalue weighted by molar-refractivity contribution is -0.126. The Morgan fingerprint density at radius 2 is 1.89 bits per heavy atom. The van der Waals surface area contributed by atoms with E-state index in [1.54, 1.807) is 0 Å². The minimum absolute atomic E-state index is 0.0395. The lowest BCUT2D eigenvalue weighted by Gasteiger charge is -2.46. The third-order valence-electron chi connectivity index (χ3n) is 3.05. The second-order valence-corrected chi connectivity index (χ2v) is 6.41. The van der Waals surface area contributed by atoms with Crippen LogP contribution in [0, 0.1) is 0 Å². The van der Waals surface area contributed by atoms with Crippen LogP contribution >= 0.6 is 0 Å². The topological polar surface area (TPSA) is 76.4 Å². The molecule has 0 saturated carbocycles. The van der Waals surface area contributed by atoms with E-state index in [-0.39, 0.29) is 29.6 Å². The van der Waals surface area contributed by atoms with Crippen LogP contribution in [0.4, 0.5) is 0 Å². The fourth-order valence-corrected chi connectivity index (χ4v) is 2.94. The van der Waals surface area contributed by atoms with E-state index in [1.807, 2.05) is 0 Å². The van der Waals surface area contributed by atoms with E-state index in [4.69, 9.17) is 10.5 Å². The van der Waals surface area contributed by atoms with Gasteiger partial charge in [0, 0.05) is 23.7 Å². The Balaban J connectivity index is 2.44. The molecule has 0 radical (unpaired) electrons. The van der Waals surface area contributed by atoms with Gasteiger partial charge in [-0.1, -0.05) is 0 Å². The van der Waals surface area contributed by atoms with E-state index >= 15 is 0 Å². The summed E-state index contributed by atoms with van der Waals surface area (Å²) in [5.41, 5.74) is 5.38. The first-order valence-corrected chi connectivity index (χ1v) is 6.61. The van der Waals surface area contributed by atoms with Gasteiger partial charge in [0.25, 0.3) is 0 Å². The summed E-state index contributed by atoms with van der Waals surface area (Å²) in [6, 6.07) is 0.199. The summed E-state index contributed by atoms with van der Waals surface area (Å²) in [6.07, 6.45) is 1.86. The molecule has 1 aliphatic rings. The Bertz CT molecular complexity index is 274. The highest BCUT2D eigenvalue weighted by Crippen LogP contribution is 2.28. The maximum absolute atomic E-state index is 11.7. The molecule has 0 bridgehead atoms. The van der Waals surface area contributed by atoms with Crippen molar-refractivity contribution in [2.75, 3.05) is 19.8 Å². The Hall–Kier alpha value is -0.650. The molecule has 1 fully saturated rings. The van der Waals surface area contributed by atoms with Crippen molar-refractivity contribution in [3.63, 3.8) is 0 Å². The maximum atomic E-state index is 11.7. The fourth-order valence-electron chi connectivity index (χ4n) is 2.94. The highest BCUT2D eigenvalue weighted by atomic mass is 16.5. The number of hydrogen-bond donors (Lipinski definition) is 3. The third kappa shape index (κ3) is 5.33. The molecule has 0 aliphatic carbocycles. The van der Waals surface area contributed by atoms with Gasteiger partial charge in [-0.3, -0.25) is 4.79 Å². The summed E-state index contributed by atoms with van der Waals surface area (Å²) >= 11 is 0. The van der Waals surface area contributed by atoms with Crippen LogP contribution in [0.25, 0.3) is 0 Å². The number of nitrogens with two attached hydrogens (primary N) is 1. The van der Waals surface area contributed by atoms with Crippen LogP contribution in [-0.2, 0) is 9.53 Å². The average molecular weight is 257 g/mol. The number of rotatable bonds is 5. The lowest BCUT2D eigenvalue weighted by atomic mass is 9.79. The predicted molar refractivity (Wildman–Crippen MR) is 72.3 cm³/mol. The van der Waals surface area contributed by atoms with E-state index in [2.05, 4.69) is 38.3 Å². The summed E-state index contributed by atoms with van der Waals surface area (Å²) < 4.78 is 5.14. The van der Waals surface area contributed by atoms with Crippen LogP contribution < -0.4 is 16.4 Å². The van der Waals surface area contributed by atoms with Crippen LogP contribution in [0.2, 0.25) is 0 Å².